The minimum absolute atomic E-state index is 0.343. The molecule has 0 aliphatic heterocycles. The van der Waals surface area contributed by atoms with Gasteiger partial charge in [0.25, 0.3) is 0 Å². The Morgan fingerprint density at radius 1 is 1.24 bits per heavy atom. The van der Waals surface area contributed by atoms with Crippen molar-refractivity contribution in [2.75, 3.05) is 6.54 Å². The van der Waals surface area contributed by atoms with E-state index in [4.69, 9.17) is 4.42 Å². The van der Waals surface area contributed by atoms with E-state index in [1.54, 1.807) is 6.26 Å². The van der Waals surface area contributed by atoms with E-state index in [2.05, 4.69) is 18.3 Å². The first-order valence-electron chi connectivity index (χ1n) is 7.13. The van der Waals surface area contributed by atoms with Crippen LogP contribution < -0.4 is 5.32 Å². The van der Waals surface area contributed by atoms with Crippen molar-refractivity contribution in [2.45, 2.75) is 57.9 Å². The van der Waals surface area contributed by atoms with Gasteiger partial charge in [0.05, 0.1) is 12.3 Å². The van der Waals surface area contributed by atoms with Gasteiger partial charge in [0, 0.05) is 0 Å². The van der Waals surface area contributed by atoms with Crippen molar-refractivity contribution in [1.29, 1.82) is 0 Å². The molecule has 17 heavy (non-hydrogen) atoms. The number of furan rings is 1. The highest BCUT2D eigenvalue weighted by molar-refractivity contribution is 5.02. The van der Waals surface area contributed by atoms with Crippen LogP contribution in [-0.2, 0) is 0 Å². The smallest absolute Gasteiger partial charge is 0.120 e. The molecule has 0 saturated heterocycles. The highest BCUT2D eigenvalue weighted by Crippen LogP contribution is 2.22. The van der Waals surface area contributed by atoms with Crippen LogP contribution in [0.3, 0.4) is 0 Å². The third-order valence-corrected chi connectivity index (χ3v) is 3.91. The zero-order valence-corrected chi connectivity index (χ0v) is 11.0. The van der Waals surface area contributed by atoms with Crippen LogP contribution in [0.15, 0.2) is 22.8 Å². The Kier molecular flexibility index (Phi) is 5.11. The van der Waals surface area contributed by atoms with E-state index in [1.807, 2.05) is 6.07 Å². The van der Waals surface area contributed by atoms with E-state index in [9.17, 15) is 0 Å². The van der Waals surface area contributed by atoms with E-state index in [1.165, 1.54) is 44.9 Å². The number of nitrogens with one attached hydrogen (secondary N) is 1. The highest BCUT2D eigenvalue weighted by Gasteiger charge is 2.13. The Hall–Kier alpha value is -0.760. The molecule has 0 spiro atoms. The zero-order valence-electron chi connectivity index (χ0n) is 11.0. The van der Waals surface area contributed by atoms with Crippen molar-refractivity contribution in [3.8, 4) is 0 Å². The van der Waals surface area contributed by atoms with E-state index >= 15 is 0 Å². The molecule has 2 rings (SSSR count). The third-order valence-electron chi connectivity index (χ3n) is 3.91. The van der Waals surface area contributed by atoms with Gasteiger partial charge < -0.3 is 9.73 Å². The fourth-order valence-electron chi connectivity index (χ4n) is 2.73. The molecule has 0 bridgehead atoms. The molecule has 1 atom stereocenters. The van der Waals surface area contributed by atoms with Gasteiger partial charge in [0.15, 0.2) is 0 Å². The number of rotatable bonds is 4. The standard InChI is InChI=1S/C15H25NO/c1-13(15-10-7-11-17-15)16-12-14-8-5-3-2-4-6-9-14/h7,10-11,13-14,16H,2-6,8-9,12H2,1H3. The van der Waals surface area contributed by atoms with Crippen molar-refractivity contribution in [3.05, 3.63) is 24.2 Å². The minimum Gasteiger partial charge on any atom is -0.468 e. The Balaban J connectivity index is 1.72. The second-order valence-corrected chi connectivity index (χ2v) is 5.36. The van der Waals surface area contributed by atoms with Gasteiger partial charge in [-0.3, -0.25) is 0 Å². The first kappa shape index (κ1) is 12.7. The van der Waals surface area contributed by atoms with Crippen molar-refractivity contribution in [3.63, 3.8) is 0 Å². The fourth-order valence-corrected chi connectivity index (χ4v) is 2.73. The lowest BCUT2D eigenvalue weighted by Crippen LogP contribution is -2.26. The van der Waals surface area contributed by atoms with E-state index in [0.717, 1.165) is 18.2 Å². The van der Waals surface area contributed by atoms with Gasteiger partial charge in [-0.25, -0.2) is 0 Å². The van der Waals surface area contributed by atoms with Crippen molar-refractivity contribution in [2.24, 2.45) is 5.92 Å². The van der Waals surface area contributed by atoms with E-state index in [0.29, 0.717) is 6.04 Å². The highest BCUT2D eigenvalue weighted by atomic mass is 16.3. The molecule has 1 N–H and O–H groups in total. The lowest BCUT2D eigenvalue weighted by molar-refractivity contribution is 0.336. The molecule has 1 aromatic heterocycles. The maximum absolute atomic E-state index is 5.42. The molecule has 1 saturated carbocycles. The van der Waals surface area contributed by atoms with Gasteiger partial charge in [-0.1, -0.05) is 32.1 Å². The van der Waals surface area contributed by atoms with Crippen molar-refractivity contribution < 1.29 is 4.42 Å². The molecule has 0 aromatic carbocycles. The predicted molar refractivity (Wildman–Crippen MR) is 70.9 cm³/mol. The van der Waals surface area contributed by atoms with Gasteiger partial charge in [-0.15, -0.1) is 0 Å². The molecule has 96 valence electrons. The van der Waals surface area contributed by atoms with Crippen LogP contribution in [0.2, 0.25) is 0 Å². The summed E-state index contributed by atoms with van der Waals surface area (Å²) >= 11 is 0. The van der Waals surface area contributed by atoms with Crippen LogP contribution in [0.1, 0.15) is 63.7 Å². The van der Waals surface area contributed by atoms with Gasteiger partial charge in [-0.05, 0) is 44.4 Å². The molecule has 1 heterocycles. The first-order valence-corrected chi connectivity index (χ1v) is 7.13. The van der Waals surface area contributed by atoms with Gasteiger partial charge in [0.2, 0.25) is 0 Å². The number of hydrogen-bond acceptors (Lipinski definition) is 2. The lowest BCUT2D eigenvalue weighted by atomic mass is 9.91. The molecule has 0 radical (unpaired) electrons. The topological polar surface area (TPSA) is 25.2 Å². The Labute approximate surface area is 105 Å². The fraction of sp³-hybridized carbons (Fsp3) is 0.733. The minimum atomic E-state index is 0.343. The molecule has 1 unspecified atom stereocenters. The molecule has 2 heteroatoms. The summed E-state index contributed by atoms with van der Waals surface area (Å²) < 4.78 is 5.42. The second kappa shape index (κ2) is 6.85. The van der Waals surface area contributed by atoms with Gasteiger partial charge in [0.1, 0.15) is 5.76 Å². The van der Waals surface area contributed by atoms with Crippen LogP contribution >= 0.6 is 0 Å². The summed E-state index contributed by atoms with van der Waals surface area (Å²) in [5.74, 6) is 1.92. The molecule has 1 aliphatic rings. The van der Waals surface area contributed by atoms with Crippen LogP contribution in [0, 0.1) is 5.92 Å². The molecule has 1 aliphatic carbocycles. The largest absolute Gasteiger partial charge is 0.468 e. The Morgan fingerprint density at radius 2 is 1.94 bits per heavy atom. The van der Waals surface area contributed by atoms with Crippen LogP contribution in [0.25, 0.3) is 0 Å². The Bertz CT molecular complexity index is 286. The van der Waals surface area contributed by atoms with E-state index in [-0.39, 0.29) is 0 Å². The molecule has 1 aromatic rings. The zero-order chi connectivity index (χ0) is 11.9. The summed E-state index contributed by atoms with van der Waals surface area (Å²) in [5.41, 5.74) is 0. The quantitative estimate of drug-likeness (QED) is 0.842. The van der Waals surface area contributed by atoms with Gasteiger partial charge in [-0.2, -0.15) is 0 Å². The molecule has 0 amide bonds. The summed E-state index contributed by atoms with van der Waals surface area (Å²) in [4.78, 5) is 0. The van der Waals surface area contributed by atoms with Crippen LogP contribution in [0.4, 0.5) is 0 Å². The first-order chi connectivity index (χ1) is 8.36. The van der Waals surface area contributed by atoms with Crippen LogP contribution in [-0.4, -0.2) is 6.54 Å². The summed E-state index contributed by atoms with van der Waals surface area (Å²) in [6, 6.07) is 4.36. The van der Waals surface area contributed by atoms with E-state index < -0.39 is 0 Å². The van der Waals surface area contributed by atoms with Gasteiger partial charge >= 0.3 is 0 Å². The molecule has 2 nitrogen and oxygen atoms in total. The third kappa shape index (κ3) is 4.19. The number of hydrogen-bond donors (Lipinski definition) is 1. The predicted octanol–water partition coefficient (Wildman–Crippen LogP) is 4.29. The summed E-state index contributed by atoms with van der Waals surface area (Å²) in [5, 5.41) is 3.61. The molecular weight excluding hydrogens is 210 g/mol. The second-order valence-electron chi connectivity index (χ2n) is 5.36. The molecule has 1 fully saturated rings. The molecular formula is C15H25NO. The summed E-state index contributed by atoms with van der Waals surface area (Å²) in [7, 11) is 0. The Morgan fingerprint density at radius 3 is 2.59 bits per heavy atom. The SMILES string of the molecule is CC(NCC1CCCCCCC1)c1ccco1. The average molecular weight is 235 g/mol. The van der Waals surface area contributed by atoms with Crippen LogP contribution in [0.5, 0.6) is 0 Å². The monoisotopic (exact) mass is 235 g/mol. The maximum Gasteiger partial charge on any atom is 0.120 e. The maximum atomic E-state index is 5.42. The normalized spacial score (nSPS) is 20.8. The van der Waals surface area contributed by atoms with Crippen molar-refractivity contribution in [1.82, 2.24) is 5.32 Å². The average Bonchev–Trinajstić information content (AvgIpc) is 2.80. The lowest BCUT2D eigenvalue weighted by Gasteiger charge is -2.21. The van der Waals surface area contributed by atoms with Crippen molar-refractivity contribution >= 4 is 0 Å². The summed E-state index contributed by atoms with van der Waals surface area (Å²) in [6.07, 6.45) is 11.7. The summed E-state index contributed by atoms with van der Waals surface area (Å²) in [6.45, 7) is 3.32.